The molecule has 1 atom stereocenters. The first kappa shape index (κ1) is 18.2. The number of rotatable bonds is 5. The van der Waals surface area contributed by atoms with Gasteiger partial charge in [0.05, 0.1) is 18.4 Å². The molecule has 7 heteroatoms. The van der Waals surface area contributed by atoms with Crippen molar-refractivity contribution in [2.75, 3.05) is 31.6 Å². The van der Waals surface area contributed by atoms with Gasteiger partial charge in [0, 0.05) is 55.5 Å². The first-order valence-electron chi connectivity index (χ1n) is 9.30. The predicted molar refractivity (Wildman–Crippen MR) is 109 cm³/mol. The number of amides is 1. The molecule has 0 bridgehead atoms. The normalized spacial score (nSPS) is 16.9. The van der Waals surface area contributed by atoms with Crippen molar-refractivity contribution in [3.63, 3.8) is 0 Å². The van der Waals surface area contributed by atoms with Crippen molar-refractivity contribution in [3.8, 4) is 11.3 Å². The Morgan fingerprint density at radius 2 is 2.25 bits per heavy atom. The summed E-state index contributed by atoms with van der Waals surface area (Å²) >= 11 is 0. The monoisotopic (exact) mass is 377 g/mol. The highest BCUT2D eigenvalue weighted by Crippen LogP contribution is 2.29. The number of fused-ring (bicyclic) bond motifs is 1. The van der Waals surface area contributed by atoms with Gasteiger partial charge < -0.3 is 19.5 Å². The van der Waals surface area contributed by atoms with Gasteiger partial charge in [-0.3, -0.25) is 4.79 Å². The zero-order chi connectivity index (χ0) is 19.5. The second-order valence-electron chi connectivity index (χ2n) is 6.80. The second kappa shape index (κ2) is 7.82. The maximum absolute atomic E-state index is 11.8. The van der Waals surface area contributed by atoms with E-state index in [1.807, 2.05) is 25.2 Å². The summed E-state index contributed by atoms with van der Waals surface area (Å²) in [5.41, 5.74) is 3.09. The van der Waals surface area contributed by atoms with Crippen LogP contribution < -0.4 is 5.32 Å². The van der Waals surface area contributed by atoms with E-state index >= 15 is 0 Å². The maximum atomic E-state index is 11.8. The van der Waals surface area contributed by atoms with E-state index in [2.05, 4.69) is 44.8 Å². The molecule has 144 valence electrons. The summed E-state index contributed by atoms with van der Waals surface area (Å²) in [5, 5.41) is 4.40. The van der Waals surface area contributed by atoms with Crippen LogP contribution >= 0.6 is 0 Å². The first-order valence-corrected chi connectivity index (χ1v) is 9.30. The third-order valence-electron chi connectivity index (χ3n) is 4.94. The number of carbonyl (C=O) groups excluding carboxylic acids is 1. The summed E-state index contributed by atoms with van der Waals surface area (Å²) in [6.45, 7) is 5.71. The van der Waals surface area contributed by atoms with E-state index in [-0.39, 0.29) is 12.0 Å². The molecule has 0 radical (unpaired) electrons. The molecule has 1 amide bonds. The molecule has 1 aliphatic heterocycles. The molecule has 1 aromatic carbocycles. The highest BCUT2D eigenvalue weighted by molar-refractivity contribution is 5.95. The molecule has 1 fully saturated rings. The Hall–Kier alpha value is -3.19. The van der Waals surface area contributed by atoms with Crippen LogP contribution in [0.1, 0.15) is 0 Å². The van der Waals surface area contributed by atoms with Crippen LogP contribution in [0, 0.1) is 0 Å². The lowest BCUT2D eigenvalue weighted by Crippen LogP contribution is -2.47. The lowest BCUT2D eigenvalue weighted by atomic mass is 10.1. The molecule has 1 saturated heterocycles. The largest absolute Gasteiger partial charge is 0.373 e. The molecule has 0 aliphatic carbocycles. The van der Waals surface area contributed by atoms with E-state index in [1.54, 1.807) is 11.1 Å². The zero-order valence-electron chi connectivity index (χ0n) is 15.8. The number of para-hydroxylation sites is 1. The van der Waals surface area contributed by atoms with Crippen LogP contribution in [0.4, 0.5) is 5.95 Å². The smallest absolute Gasteiger partial charge is 0.246 e. The third-order valence-corrected chi connectivity index (χ3v) is 4.94. The van der Waals surface area contributed by atoms with Crippen molar-refractivity contribution in [1.82, 2.24) is 19.4 Å². The average molecular weight is 377 g/mol. The number of aryl methyl sites for hydroxylation is 1. The van der Waals surface area contributed by atoms with Gasteiger partial charge in [-0.1, -0.05) is 24.8 Å². The third kappa shape index (κ3) is 3.61. The number of morpholine rings is 1. The number of hydrogen-bond acceptors (Lipinski definition) is 5. The minimum atomic E-state index is -0.109. The number of ether oxygens (including phenoxy) is 1. The number of anilines is 1. The van der Waals surface area contributed by atoms with Crippen LogP contribution in [0.2, 0.25) is 0 Å². The van der Waals surface area contributed by atoms with Gasteiger partial charge in [0.1, 0.15) is 0 Å². The van der Waals surface area contributed by atoms with Gasteiger partial charge in [0.2, 0.25) is 11.9 Å². The first-order chi connectivity index (χ1) is 13.7. The minimum Gasteiger partial charge on any atom is -0.373 e. The van der Waals surface area contributed by atoms with Crippen LogP contribution in [0.15, 0.2) is 55.4 Å². The molecule has 3 heterocycles. The Labute approximate surface area is 163 Å². The number of carbonyl (C=O) groups is 1. The Morgan fingerprint density at radius 3 is 3.11 bits per heavy atom. The molecule has 0 saturated carbocycles. The Bertz CT molecular complexity index is 1010. The lowest BCUT2D eigenvalue weighted by Gasteiger charge is -2.32. The summed E-state index contributed by atoms with van der Waals surface area (Å²) in [5.74, 6) is 0.476. The number of aromatic nitrogens is 3. The minimum absolute atomic E-state index is 0.0671. The van der Waals surface area contributed by atoms with E-state index in [4.69, 9.17) is 4.74 Å². The molecule has 7 nitrogen and oxygen atoms in total. The fourth-order valence-corrected chi connectivity index (χ4v) is 3.52. The molecule has 3 aromatic rings. The highest BCUT2D eigenvalue weighted by atomic mass is 16.5. The topological polar surface area (TPSA) is 72.3 Å². The summed E-state index contributed by atoms with van der Waals surface area (Å²) in [7, 11) is 2.03. The van der Waals surface area contributed by atoms with Gasteiger partial charge >= 0.3 is 0 Å². The molecule has 0 spiro atoms. The molecular weight excluding hydrogens is 354 g/mol. The van der Waals surface area contributed by atoms with Gasteiger partial charge in [0.15, 0.2) is 0 Å². The van der Waals surface area contributed by atoms with Crippen LogP contribution in [-0.2, 0) is 16.6 Å². The van der Waals surface area contributed by atoms with Crippen LogP contribution in [0.25, 0.3) is 22.2 Å². The Morgan fingerprint density at radius 1 is 1.39 bits per heavy atom. The fourth-order valence-electron chi connectivity index (χ4n) is 3.52. The van der Waals surface area contributed by atoms with Crippen molar-refractivity contribution in [2.24, 2.45) is 7.05 Å². The van der Waals surface area contributed by atoms with Crippen molar-refractivity contribution in [3.05, 3.63) is 55.4 Å². The summed E-state index contributed by atoms with van der Waals surface area (Å²) < 4.78 is 7.85. The Balaban J connectivity index is 1.48. The summed E-state index contributed by atoms with van der Waals surface area (Å²) in [6.07, 6.45) is 5.07. The maximum Gasteiger partial charge on any atom is 0.246 e. The van der Waals surface area contributed by atoms with Crippen molar-refractivity contribution in [2.45, 2.75) is 6.10 Å². The highest BCUT2D eigenvalue weighted by Gasteiger charge is 2.22. The number of hydrogen-bond donors (Lipinski definition) is 1. The summed E-state index contributed by atoms with van der Waals surface area (Å²) in [6, 6.07) is 10.2. The Kier molecular flexibility index (Phi) is 5.08. The number of nitrogens with zero attached hydrogens (tertiary/aromatic N) is 4. The van der Waals surface area contributed by atoms with Crippen molar-refractivity contribution >= 4 is 22.8 Å². The van der Waals surface area contributed by atoms with Crippen LogP contribution in [0.5, 0.6) is 0 Å². The second-order valence-corrected chi connectivity index (χ2v) is 6.80. The van der Waals surface area contributed by atoms with E-state index in [9.17, 15) is 4.79 Å². The van der Waals surface area contributed by atoms with Crippen molar-refractivity contribution in [1.29, 1.82) is 0 Å². The van der Waals surface area contributed by atoms with Crippen molar-refractivity contribution < 1.29 is 9.53 Å². The molecular formula is C21H23N5O2. The predicted octanol–water partition coefficient (Wildman–Crippen LogP) is 2.46. The molecule has 4 rings (SSSR count). The number of nitrogens with one attached hydrogen (secondary N) is 1. The van der Waals surface area contributed by atoms with E-state index in [0.717, 1.165) is 22.2 Å². The summed E-state index contributed by atoms with van der Waals surface area (Å²) in [4.78, 5) is 22.5. The molecule has 1 N–H and O–H groups in total. The van der Waals surface area contributed by atoms with E-state index in [0.29, 0.717) is 32.2 Å². The van der Waals surface area contributed by atoms with Gasteiger partial charge in [0.25, 0.3) is 0 Å². The van der Waals surface area contributed by atoms with Crippen LogP contribution in [0.3, 0.4) is 0 Å². The van der Waals surface area contributed by atoms with Gasteiger partial charge in [-0.25, -0.2) is 9.97 Å². The lowest BCUT2D eigenvalue weighted by molar-refractivity contribution is -0.132. The fraction of sp³-hybridized carbons (Fsp3) is 0.286. The van der Waals surface area contributed by atoms with E-state index < -0.39 is 0 Å². The van der Waals surface area contributed by atoms with Gasteiger partial charge in [-0.15, -0.1) is 0 Å². The SMILES string of the molecule is C=CC(=O)N1CCOC(CNc2nccc(-c3cn(C)c4ccccc34)n2)C1. The molecule has 28 heavy (non-hydrogen) atoms. The molecule has 1 unspecified atom stereocenters. The quantitative estimate of drug-likeness (QED) is 0.692. The van der Waals surface area contributed by atoms with E-state index in [1.165, 1.54) is 6.08 Å². The molecule has 1 aliphatic rings. The van der Waals surface area contributed by atoms with Crippen LogP contribution in [-0.4, -0.2) is 57.7 Å². The zero-order valence-corrected chi connectivity index (χ0v) is 15.8. The number of benzene rings is 1. The van der Waals surface area contributed by atoms with Gasteiger partial charge in [-0.05, 0) is 18.2 Å². The standard InChI is InChI=1S/C21H23N5O2/c1-3-20(27)26-10-11-28-15(13-26)12-23-21-22-9-8-18(24-21)17-14-25(2)19-7-5-4-6-16(17)19/h3-9,14-15H,1,10-13H2,2H3,(H,22,23,24). The average Bonchev–Trinajstić information content (AvgIpc) is 3.09. The van der Waals surface area contributed by atoms with Gasteiger partial charge in [-0.2, -0.15) is 0 Å². The molecule has 2 aromatic heterocycles.